The van der Waals surface area contributed by atoms with E-state index < -0.39 is 6.29 Å². The van der Waals surface area contributed by atoms with Crippen LogP contribution in [0.1, 0.15) is 63.7 Å². The first kappa shape index (κ1) is 18.8. The Morgan fingerprint density at radius 2 is 1.92 bits per heavy atom. The molecular formula is C20H30O4. The van der Waals surface area contributed by atoms with Crippen LogP contribution < -0.4 is 4.74 Å². The van der Waals surface area contributed by atoms with Gasteiger partial charge in [-0.25, -0.2) is 4.79 Å². The number of hydrogen-bond donors (Lipinski definition) is 1. The molecule has 0 radical (unpaired) electrons. The molecule has 1 aromatic carbocycles. The molecular weight excluding hydrogens is 304 g/mol. The fraction of sp³-hybridized carbons (Fsp3) is 0.650. The zero-order valence-corrected chi connectivity index (χ0v) is 15.2. The average molecular weight is 334 g/mol. The average Bonchev–Trinajstić information content (AvgIpc) is 2.55. The Balaban J connectivity index is 2.00. The summed E-state index contributed by atoms with van der Waals surface area (Å²) in [4.78, 5) is 12.5. The molecule has 2 rings (SSSR count). The second-order valence-electron chi connectivity index (χ2n) is 7.27. The highest BCUT2D eigenvalue weighted by atomic mass is 16.6. The first-order valence-corrected chi connectivity index (χ1v) is 9.06. The molecule has 0 aliphatic heterocycles. The van der Waals surface area contributed by atoms with Gasteiger partial charge >= 0.3 is 5.97 Å². The molecule has 1 saturated carbocycles. The molecule has 134 valence electrons. The number of aliphatic hydroxyl groups excluding tert-OH is 1. The third-order valence-corrected chi connectivity index (χ3v) is 4.93. The van der Waals surface area contributed by atoms with Crippen LogP contribution in [0, 0.1) is 17.8 Å². The van der Waals surface area contributed by atoms with Gasteiger partial charge in [-0.15, -0.1) is 0 Å². The second-order valence-corrected chi connectivity index (χ2v) is 7.27. The maximum absolute atomic E-state index is 12.5. The van der Waals surface area contributed by atoms with Crippen molar-refractivity contribution >= 4 is 5.97 Å². The molecule has 1 N–H and O–H groups in total. The third-order valence-electron chi connectivity index (χ3n) is 4.93. The van der Waals surface area contributed by atoms with E-state index >= 15 is 0 Å². The van der Waals surface area contributed by atoms with Crippen molar-refractivity contribution < 1.29 is 19.4 Å². The Labute approximate surface area is 145 Å². The van der Waals surface area contributed by atoms with E-state index in [2.05, 4.69) is 20.8 Å². The van der Waals surface area contributed by atoms with E-state index in [-0.39, 0.29) is 12.1 Å². The summed E-state index contributed by atoms with van der Waals surface area (Å²) in [6.07, 6.45) is 2.97. The summed E-state index contributed by atoms with van der Waals surface area (Å²) in [6.45, 7) is 8.47. The molecule has 0 spiro atoms. The van der Waals surface area contributed by atoms with Gasteiger partial charge in [-0.3, -0.25) is 0 Å². The Kier molecular flexibility index (Phi) is 6.67. The van der Waals surface area contributed by atoms with Crippen LogP contribution in [0.25, 0.3) is 0 Å². The van der Waals surface area contributed by atoms with Crippen LogP contribution in [-0.2, 0) is 4.74 Å². The van der Waals surface area contributed by atoms with Crippen LogP contribution in [0.15, 0.2) is 24.3 Å². The van der Waals surface area contributed by atoms with Crippen molar-refractivity contribution in [2.75, 3.05) is 0 Å². The molecule has 0 amide bonds. The molecule has 4 nitrogen and oxygen atoms in total. The highest BCUT2D eigenvalue weighted by Crippen LogP contribution is 2.35. The molecule has 0 heterocycles. The molecule has 1 aromatic rings. The largest absolute Gasteiger partial charge is 0.465 e. The van der Waals surface area contributed by atoms with Crippen molar-refractivity contribution in [2.45, 2.75) is 65.8 Å². The minimum atomic E-state index is -0.821. The van der Waals surface area contributed by atoms with Crippen LogP contribution in [0.4, 0.5) is 0 Å². The predicted molar refractivity (Wildman–Crippen MR) is 93.9 cm³/mol. The number of hydrogen-bond acceptors (Lipinski definition) is 4. The van der Waals surface area contributed by atoms with Crippen molar-refractivity contribution in [2.24, 2.45) is 17.8 Å². The fourth-order valence-corrected chi connectivity index (χ4v) is 3.37. The van der Waals surface area contributed by atoms with Gasteiger partial charge in [0, 0.05) is 6.42 Å². The number of benzene rings is 1. The van der Waals surface area contributed by atoms with E-state index in [1.165, 1.54) is 6.42 Å². The second kappa shape index (κ2) is 8.52. The van der Waals surface area contributed by atoms with E-state index in [0.717, 1.165) is 12.8 Å². The number of rotatable bonds is 6. The smallest absolute Gasteiger partial charge is 0.338 e. The van der Waals surface area contributed by atoms with Gasteiger partial charge in [0.25, 0.3) is 0 Å². The minimum absolute atomic E-state index is 0.000842. The number of esters is 1. The van der Waals surface area contributed by atoms with Crippen LogP contribution >= 0.6 is 0 Å². The Bertz CT molecular complexity index is 523. The van der Waals surface area contributed by atoms with Gasteiger partial charge in [-0.1, -0.05) is 34.1 Å². The highest BCUT2D eigenvalue weighted by molar-refractivity contribution is 5.89. The molecule has 0 saturated heterocycles. The summed E-state index contributed by atoms with van der Waals surface area (Å²) in [7, 11) is 0. The first-order chi connectivity index (χ1) is 11.4. The standard InChI is InChI=1S/C20H30O4/c1-5-19(21)23-16-9-7-15(8-10-16)20(22)24-18-12-14(4)6-11-17(18)13(2)3/h7-10,13-14,17-19,21H,5-6,11-12H2,1-4H3. The van der Waals surface area contributed by atoms with Crippen LogP contribution in [0.2, 0.25) is 0 Å². The number of carbonyl (C=O) groups excluding carboxylic acids is 1. The van der Waals surface area contributed by atoms with Crippen molar-refractivity contribution in [3.63, 3.8) is 0 Å². The quantitative estimate of drug-likeness (QED) is 0.618. The Morgan fingerprint density at radius 3 is 2.50 bits per heavy atom. The van der Waals surface area contributed by atoms with E-state index in [4.69, 9.17) is 9.47 Å². The molecule has 1 aliphatic rings. The fourth-order valence-electron chi connectivity index (χ4n) is 3.37. The molecule has 0 bridgehead atoms. The van der Waals surface area contributed by atoms with Crippen molar-refractivity contribution in [3.8, 4) is 5.75 Å². The number of aliphatic hydroxyl groups is 1. The van der Waals surface area contributed by atoms with Gasteiger partial charge in [0.1, 0.15) is 11.9 Å². The minimum Gasteiger partial charge on any atom is -0.465 e. The molecule has 1 aliphatic carbocycles. The van der Waals surface area contributed by atoms with Crippen LogP contribution in [0.3, 0.4) is 0 Å². The number of ether oxygens (including phenoxy) is 2. The summed E-state index contributed by atoms with van der Waals surface area (Å²) >= 11 is 0. The van der Waals surface area contributed by atoms with Crippen LogP contribution in [-0.4, -0.2) is 23.5 Å². The highest BCUT2D eigenvalue weighted by Gasteiger charge is 2.33. The summed E-state index contributed by atoms with van der Waals surface area (Å²) in [5.74, 6) is 1.83. The van der Waals surface area contributed by atoms with Gasteiger partial charge in [-0.05, 0) is 54.9 Å². The van der Waals surface area contributed by atoms with E-state index in [1.54, 1.807) is 24.3 Å². The van der Waals surface area contributed by atoms with Crippen molar-refractivity contribution in [3.05, 3.63) is 29.8 Å². The normalized spacial score (nSPS) is 25.3. The molecule has 0 aromatic heterocycles. The van der Waals surface area contributed by atoms with Gasteiger partial charge in [-0.2, -0.15) is 0 Å². The molecule has 4 unspecified atom stereocenters. The van der Waals surface area contributed by atoms with E-state index in [0.29, 0.717) is 35.5 Å². The summed E-state index contributed by atoms with van der Waals surface area (Å²) in [5, 5.41) is 9.50. The topological polar surface area (TPSA) is 55.8 Å². The lowest BCUT2D eigenvalue weighted by Gasteiger charge is -2.36. The number of carbonyl (C=O) groups is 1. The lowest BCUT2D eigenvalue weighted by atomic mass is 9.75. The third kappa shape index (κ3) is 4.97. The van der Waals surface area contributed by atoms with Gasteiger partial charge in [0.15, 0.2) is 6.29 Å². The Morgan fingerprint density at radius 1 is 1.25 bits per heavy atom. The molecule has 4 heteroatoms. The lowest BCUT2D eigenvalue weighted by molar-refractivity contribution is -0.0192. The van der Waals surface area contributed by atoms with Crippen molar-refractivity contribution in [1.29, 1.82) is 0 Å². The predicted octanol–water partition coefficient (Wildman–Crippen LogP) is 4.41. The summed E-state index contributed by atoms with van der Waals surface area (Å²) in [5.41, 5.74) is 0.522. The van der Waals surface area contributed by atoms with Gasteiger partial charge < -0.3 is 14.6 Å². The van der Waals surface area contributed by atoms with E-state index in [1.807, 2.05) is 6.92 Å². The lowest BCUT2D eigenvalue weighted by Crippen LogP contribution is -2.35. The summed E-state index contributed by atoms with van der Waals surface area (Å²) < 4.78 is 11.1. The zero-order chi connectivity index (χ0) is 17.7. The summed E-state index contributed by atoms with van der Waals surface area (Å²) in [6, 6.07) is 6.77. The maximum atomic E-state index is 12.5. The maximum Gasteiger partial charge on any atom is 0.338 e. The SMILES string of the molecule is CCC(O)Oc1ccc(C(=O)OC2CC(C)CCC2C(C)C)cc1. The Hall–Kier alpha value is -1.55. The van der Waals surface area contributed by atoms with Crippen LogP contribution in [0.5, 0.6) is 5.75 Å². The van der Waals surface area contributed by atoms with Gasteiger partial charge in [0.05, 0.1) is 5.56 Å². The molecule has 24 heavy (non-hydrogen) atoms. The molecule has 1 fully saturated rings. The molecule has 4 atom stereocenters. The monoisotopic (exact) mass is 334 g/mol. The zero-order valence-electron chi connectivity index (χ0n) is 15.2. The van der Waals surface area contributed by atoms with Crippen molar-refractivity contribution in [1.82, 2.24) is 0 Å². The van der Waals surface area contributed by atoms with E-state index in [9.17, 15) is 9.90 Å². The first-order valence-electron chi connectivity index (χ1n) is 9.06. The van der Waals surface area contributed by atoms with Gasteiger partial charge in [0.2, 0.25) is 0 Å².